The van der Waals surface area contributed by atoms with Crippen molar-refractivity contribution in [2.45, 2.75) is 45.6 Å². The largest absolute Gasteiger partial charge is 0.356 e. The highest BCUT2D eigenvalue weighted by Crippen LogP contribution is 2.22. The van der Waals surface area contributed by atoms with Gasteiger partial charge < -0.3 is 10.6 Å². The number of carbonyl (C=O) groups excluding carboxylic acids is 2. The van der Waals surface area contributed by atoms with Crippen LogP contribution in [0.25, 0.3) is 0 Å². The van der Waals surface area contributed by atoms with Crippen LogP contribution in [-0.2, 0) is 9.59 Å². The lowest BCUT2D eigenvalue weighted by Crippen LogP contribution is -2.29. The first-order valence-electron chi connectivity index (χ1n) is 9.21. The molecule has 0 fully saturated rings. The number of nitrogens with one attached hydrogen (secondary N) is 2. The number of carbonyl (C=O) groups is 2. The van der Waals surface area contributed by atoms with E-state index in [1.54, 1.807) is 0 Å². The van der Waals surface area contributed by atoms with Crippen molar-refractivity contribution in [3.63, 3.8) is 0 Å². The zero-order chi connectivity index (χ0) is 18.8. The number of unbranched alkanes of at least 4 members (excludes halogenated alkanes) is 2. The average Bonchev–Trinajstić information content (AvgIpc) is 2.64. The minimum Gasteiger partial charge on any atom is -0.356 e. The van der Waals surface area contributed by atoms with Crippen molar-refractivity contribution in [2.24, 2.45) is 0 Å². The average molecular weight is 352 g/mol. The molecule has 0 aliphatic heterocycles. The quantitative estimate of drug-likeness (QED) is 0.673. The molecule has 2 aromatic carbocycles. The van der Waals surface area contributed by atoms with Crippen molar-refractivity contribution in [1.82, 2.24) is 10.6 Å². The van der Waals surface area contributed by atoms with E-state index >= 15 is 0 Å². The molecule has 0 bridgehead atoms. The number of amides is 2. The van der Waals surface area contributed by atoms with Crippen LogP contribution in [-0.4, -0.2) is 18.4 Å². The van der Waals surface area contributed by atoms with Gasteiger partial charge in [0, 0.05) is 19.9 Å². The fourth-order valence-electron chi connectivity index (χ4n) is 2.85. The lowest BCUT2D eigenvalue weighted by atomic mass is 9.97. The van der Waals surface area contributed by atoms with Gasteiger partial charge >= 0.3 is 0 Å². The molecule has 26 heavy (non-hydrogen) atoms. The molecular formula is C22H28N2O2. The minimum atomic E-state index is -0.135. The standard InChI is InChI=1S/C22H28N2O2/c1-17-12-14-20(15-13-17)22(19-9-5-3-6-10-19)24-21(26)11-7-4-8-16-23-18(2)25/h3,5-6,9-10,12-15,22H,4,7-8,11,16H2,1-2H3,(H,23,25)(H,24,26). The van der Waals surface area contributed by atoms with E-state index in [1.165, 1.54) is 12.5 Å². The first kappa shape index (κ1) is 19.7. The van der Waals surface area contributed by atoms with E-state index in [0.717, 1.165) is 30.4 Å². The van der Waals surface area contributed by atoms with E-state index in [4.69, 9.17) is 0 Å². The summed E-state index contributed by atoms with van der Waals surface area (Å²) >= 11 is 0. The van der Waals surface area contributed by atoms with E-state index in [-0.39, 0.29) is 17.9 Å². The molecule has 0 saturated carbocycles. The number of benzene rings is 2. The molecule has 0 heterocycles. The smallest absolute Gasteiger partial charge is 0.220 e. The Kier molecular flexibility index (Phi) is 7.87. The second-order valence-electron chi connectivity index (χ2n) is 6.62. The molecule has 138 valence electrons. The highest BCUT2D eigenvalue weighted by Gasteiger charge is 2.16. The fourth-order valence-corrected chi connectivity index (χ4v) is 2.85. The zero-order valence-corrected chi connectivity index (χ0v) is 15.6. The van der Waals surface area contributed by atoms with E-state index < -0.39 is 0 Å². The number of hydrogen-bond donors (Lipinski definition) is 2. The molecule has 0 aromatic heterocycles. The molecular weight excluding hydrogens is 324 g/mol. The molecule has 0 spiro atoms. The first-order chi connectivity index (χ1) is 12.6. The molecule has 0 aliphatic carbocycles. The summed E-state index contributed by atoms with van der Waals surface area (Å²) in [5, 5.41) is 5.94. The maximum Gasteiger partial charge on any atom is 0.220 e. The predicted octanol–water partition coefficient (Wildman–Crippen LogP) is 3.90. The van der Waals surface area contributed by atoms with E-state index in [0.29, 0.717) is 13.0 Å². The molecule has 2 N–H and O–H groups in total. The van der Waals surface area contributed by atoms with Crippen LogP contribution < -0.4 is 10.6 Å². The second kappa shape index (κ2) is 10.4. The molecule has 1 atom stereocenters. The van der Waals surface area contributed by atoms with Crippen LogP contribution in [0.1, 0.15) is 55.3 Å². The molecule has 0 saturated heterocycles. The number of hydrogen-bond acceptors (Lipinski definition) is 2. The first-order valence-corrected chi connectivity index (χ1v) is 9.21. The van der Waals surface area contributed by atoms with E-state index in [2.05, 4.69) is 41.8 Å². The van der Waals surface area contributed by atoms with Crippen molar-refractivity contribution in [3.8, 4) is 0 Å². The van der Waals surface area contributed by atoms with E-state index in [1.807, 2.05) is 30.3 Å². The summed E-state index contributed by atoms with van der Waals surface area (Å²) in [5.74, 6) is 0.0468. The van der Waals surface area contributed by atoms with Crippen LogP contribution in [0, 0.1) is 6.92 Å². The van der Waals surface area contributed by atoms with Crippen LogP contribution in [0.5, 0.6) is 0 Å². The van der Waals surface area contributed by atoms with Crippen molar-refractivity contribution in [2.75, 3.05) is 6.54 Å². The van der Waals surface area contributed by atoms with Crippen molar-refractivity contribution >= 4 is 11.8 Å². The lowest BCUT2D eigenvalue weighted by Gasteiger charge is -2.20. The summed E-state index contributed by atoms with van der Waals surface area (Å²) in [5.41, 5.74) is 3.36. The van der Waals surface area contributed by atoms with E-state index in [9.17, 15) is 9.59 Å². The Morgan fingerprint density at radius 3 is 2.19 bits per heavy atom. The lowest BCUT2D eigenvalue weighted by molar-refractivity contribution is -0.122. The van der Waals surface area contributed by atoms with Crippen LogP contribution in [0.3, 0.4) is 0 Å². The molecule has 1 unspecified atom stereocenters. The normalized spacial score (nSPS) is 11.6. The van der Waals surface area contributed by atoms with Gasteiger partial charge in [0.15, 0.2) is 0 Å². The van der Waals surface area contributed by atoms with Gasteiger partial charge in [0.25, 0.3) is 0 Å². The zero-order valence-electron chi connectivity index (χ0n) is 15.6. The van der Waals surface area contributed by atoms with Gasteiger partial charge in [-0.1, -0.05) is 66.6 Å². The third kappa shape index (κ3) is 6.71. The molecule has 4 heteroatoms. The molecule has 2 aromatic rings. The molecule has 0 aliphatic rings. The number of aryl methyl sites for hydroxylation is 1. The predicted molar refractivity (Wildman–Crippen MR) is 105 cm³/mol. The summed E-state index contributed by atoms with van der Waals surface area (Å²) < 4.78 is 0. The van der Waals surface area contributed by atoms with Crippen LogP contribution in [0.4, 0.5) is 0 Å². The van der Waals surface area contributed by atoms with Gasteiger partial charge in [-0.05, 0) is 30.9 Å². The van der Waals surface area contributed by atoms with Gasteiger partial charge in [-0.3, -0.25) is 9.59 Å². The fraction of sp³-hybridized carbons (Fsp3) is 0.364. The monoisotopic (exact) mass is 352 g/mol. The van der Waals surface area contributed by atoms with Gasteiger partial charge in [-0.15, -0.1) is 0 Å². The Labute approximate surface area is 156 Å². The molecule has 2 amide bonds. The maximum atomic E-state index is 12.4. The Bertz CT molecular complexity index is 696. The van der Waals surface area contributed by atoms with Gasteiger partial charge in [0.2, 0.25) is 11.8 Å². The molecule has 0 radical (unpaired) electrons. The molecule has 4 nitrogen and oxygen atoms in total. The van der Waals surface area contributed by atoms with Gasteiger partial charge in [0.1, 0.15) is 0 Å². The highest BCUT2D eigenvalue weighted by atomic mass is 16.2. The Hall–Kier alpha value is -2.62. The Morgan fingerprint density at radius 2 is 1.54 bits per heavy atom. The van der Waals surface area contributed by atoms with Crippen molar-refractivity contribution < 1.29 is 9.59 Å². The van der Waals surface area contributed by atoms with Crippen molar-refractivity contribution in [3.05, 3.63) is 71.3 Å². The Balaban J connectivity index is 1.91. The number of rotatable bonds is 9. The summed E-state index contributed by atoms with van der Waals surface area (Å²) in [4.78, 5) is 23.2. The van der Waals surface area contributed by atoms with Crippen LogP contribution in [0.2, 0.25) is 0 Å². The molecule has 2 rings (SSSR count). The van der Waals surface area contributed by atoms with Crippen molar-refractivity contribution in [1.29, 1.82) is 0 Å². The summed E-state index contributed by atoms with van der Waals surface area (Å²) in [6, 6.07) is 18.2. The highest BCUT2D eigenvalue weighted by molar-refractivity contribution is 5.77. The van der Waals surface area contributed by atoms with Gasteiger partial charge in [-0.2, -0.15) is 0 Å². The Morgan fingerprint density at radius 1 is 0.885 bits per heavy atom. The minimum absolute atomic E-state index is 0.00783. The summed E-state index contributed by atoms with van der Waals surface area (Å²) in [6.45, 7) is 4.25. The maximum absolute atomic E-state index is 12.4. The van der Waals surface area contributed by atoms with Gasteiger partial charge in [0.05, 0.1) is 6.04 Å². The van der Waals surface area contributed by atoms with Gasteiger partial charge in [-0.25, -0.2) is 0 Å². The third-order valence-corrected chi connectivity index (χ3v) is 4.30. The third-order valence-electron chi connectivity index (χ3n) is 4.30. The topological polar surface area (TPSA) is 58.2 Å². The van der Waals surface area contributed by atoms with Crippen LogP contribution in [0.15, 0.2) is 54.6 Å². The summed E-state index contributed by atoms with van der Waals surface area (Å²) in [7, 11) is 0. The SMILES string of the molecule is CC(=O)NCCCCCC(=O)NC(c1ccccc1)c1ccc(C)cc1. The second-order valence-corrected chi connectivity index (χ2v) is 6.62. The van der Waals surface area contributed by atoms with Crippen LogP contribution >= 0.6 is 0 Å². The summed E-state index contributed by atoms with van der Waals surface area (Å²) in [6.07, 6.45) is 3.14.